The average molecular weight is 369 g/mol. The molecular weight excluding hydrogens is 346 g/mol. The monoisotopic (exact) mass is 369 g/mol. The zero-order valence-electron chi connectivity index (χ0n) is 15.6. The van der Waals surface area contributed by atoms with Gasteiger partial charge in [0.1, 0.15) is 0 Å². The van der Waals surface area contributed by atoms with Crippen molar-refractivity contribution in [1.29, 1.82) is 0 Å². The topological polar surface area (TPSA) is 101 Å². The standard InChI is InChI=1S/C20H23N3O4/c1-4-14(5-2)19(24)21-16-11-9-15(10-12-16)20(25)22-17-7-6-8-18(13(17)3)23(26)27/h6-12,14H,4-5H2,1-3H3,(H,21,24)(H,22,25). The first-order valence-corrected chi connectivity index (χ1v) is 8.83. The lowest BCUT2D eigenvalue weighted by Crippen LogP contribution is -2.21. The number of amides is 2. The molecule has 0 saturated carbocycles. The van der Waals surface area contributed by atoms with Crippen molar-refractivity contribution >= 4 is 28.9 Å². The first-order chi connectivity index (χ1) is 12.9. The van der Waals surface area contributed by atoms with Crippen LogP contribution in [0.15, 0.2) is 42.5 Å². The van der Waals surface area contributed by atoms with E-state index in [1.54, 1.807) is 37.3 Å². The average Bonchev–Trinajstić information content (AvgIpc) is 2.64. The van der Waals surface area contributed by atoms with Crippen LogP contribution in [0.1, 0.15) is 42.6 Å². The zero-order valence-corrected chi connectivity index (χ0v) is 15.6. The van der Waals surface area contributed by atoms with Crippen LogP contribution in [-0.4, -0.2) is 16.7 Å². The third kappa shape index (κ3) is 4.91. The Balaban J connectivity index is 2.09. The van der Waals surface area contributed by atoms with Gasteiger partial charge in [0.25, 0.3) is 11.6 Å². The van der Waals surface area contributed by atoms with E-state index in [4.69, 9.17) is 0 Å². The van der Waals surface area contributed by atoms with Crippen LogP contribution in [0, 0.1) is 23.0 Å². The van der Waals surface area contributed by atoms with Crippen LogP contribution in [0.4, 0.5) is 17.1 Å². The number of carbonyl (C=O) groups is 2. The van der Waals surface area contributed by atoms with Gasteiger partial charge in [0.05, 0.1) is 16.2 Å². The molecule has 7 heteroatoms. The van der Waals surface area contributed by atoms with E-state index in [-0.39, 0.29) is 23.4 Å². The molecular formula is C20H23N3O4. The Hall–Kier alpha value is -3.22. The van der Waals surface area contributed by atoms with Crippen molar-refractivity contribution in [2.75, 3.05) is 10.6 Å². The molecule has 0 aliphatic carbocycles. The summed E-state index contributed by atoms with van der Waals surface area (Å²) in [6, 6.07) is 11.1. The van der Waals surface area contributed by atoms with Crippen LogP contribution in [0.3, 0.4) is 0 Å². The molecule has 142 valence electrons. The summed E-state index contributed by atoms with van der Waals surface area (Å²) in [5.74, 6) is -0.453. The fourth-order valence-corrected chi connectivity index (χ4v) is 2.76. The molecule has 2 aromatic carbocycles. The van der Waals surface area contributed by atoms with E-state index in [2.05, 4.69) is 10.6 Å². The fourth-order valence-electron chi connectivity index (χ4n) is 2.76. The summed E-state index contributed by atoms with van der Waals surface area (Å²) in [6.45, 7) is 5.53. The minimum atomic E-state index is -0.484. The summed E-state index contributed by atoms with van der Waals surface area (Å²) in [7, 11) is 0. The second kappa shape index (κ2) is 8.93. The first kappa shape index (κ1) is 20.1. The molecule has 0 radical (unpaired) electrons. The number of rotatable bonds is 7. The van der Waals surface area contributed by atoms with Crippen molar-refractivity contribution < 1.29 is 14.5 Å². The number of benzene rings is 2. The van der Waals surface area contributed by atoms with Gasteiger partial charge >= 0.3 is 0 Å². The quantitative estimate of drug-likeness (QED) is 0.553. The van der Waals surface area contributed by atoms with E-state index >= 15 is 0 Å². The molecule has 7 nitrogen and oxygen atoms in total. The molecule has 0 aliphatic heterocycles. The SMILES string of the molecule is CCC(CC)C(=O)Nc1ccc(C(=O)Nc2cccc([N+](=O)[O-])c2C)cc1. The predicted octanol–water partition coefficient (Wildman–Crippen LogP) is 4.53. The highest BCUT2D eigenvalue weighted by atomic mass is 16.6. The molecule has 2 rings (SSSR count). The van der Waals surface area contributed by atoms with Crippen molar-refractivity contribution in [3.63, 3.8) is 0 Å². The van der Waals surface area contributed by atoms with Crippen LogP contribution in [0.25, 0.3) is 0 Å². The molecule has 0 aliphatic rings. The van der Waals surface area contributed by atoms with Crippen LogP contribution in [0.2, 0.25) is 0 Å². The van der Waals surface area contributed by atoms with Crippen molar-refractivity contribution in [3.8, 4) is 0 Å². The number of nitrogens with zero attached hydrogens (tertiary/aromatic N) is 1. The molecule has 0 bridgehead atoms. The van der Waals surface area contributed by atoms with Crippen molar-refractivity contribution in [1.82, 2.24) is 0 Å². The van der Waals surface area contributed by atoms with E-state index in [0.717, 1.165) is 12.8 Å². The Kier molecular flexibility index (Phi) is 6.65. The highest BCUT2D eigenvalue weighted by Gasteiger charge is 2.16. The largest absolute Gasteiger partial charge is 0.326 e. The maximum absolute atomic E-state index is 12.4. The lowest BCUT2D eigenvalue weighted by Gasteiger charge is -2.13. The van der Waals surface area contributed by atoms with Gasteiger partial charge in [-0.15, -0.1) is 0 Å². The summed E-state index contributed by atoms with van der Waals surface area (Å²) in [5, 5.41) is 16.5. The minimum absolute atomic E-state index is 0.0372. The number of anilines is 2. The van der Waals surface area contributed by atoms with Crippen molar-refractivity contribution in [2.24, 2.45) is 5.92 Å². The van der Waals surface area contributed by atoms with Gasteiger partial charge in [-0.25, -0.2) is 0 Å². The fraction of sp³-hybridized carbons (Fsp3) is 0.300. The van der Waals surface area contributed by atoms with E-state index in [1.807, 2.05) is 13.8 Å². The van der Waals surface area contributed by atoms with Crippen LogP contribution in [0.5, 0.6) is 0 Å². The van der Waals surface area contributed by atoms with E-state index in [0.29, 0.717) is 22.5 Å². The Morgan fingerprint density at radius 3 is 2.22 bits per heavy atom. The van der Waals surface area contributed by atoms with E-state index < -0.39 is 4.92 Å². The summed E-state index contributed by atoms with van der Waals surface area (Å²) < 4.78 is 0. The number of nitrogens with one attached hydrogen (secondary N) is 2. The minimum Gasteiger partial charge on any atom is -0.326 e. The van der Waals surface area contributed by atoms with Gasteiger partial charge in [0.15, 0.2) is 0 Å². The lowest BCUT2D eigenvalue weighted by molar-refractivity contribution is -0.385. The normalized spacial score (nSPS) is 10.5. The predicted molar refractivity (Wildman–Crippen MR) is 105 cm³/mol. The van der Waals surface area contributed by atoms with Gasteiger partial charge in [0.2, 0.25) is 5.91 Å². The van der Waals surface area contributed by atoms with Crippen LogP contribution >= 0.6 is 0 Å². The summed E-state index contributed by atoms with van der Waals surface area (Å²) in [5.41, 5.74) is 1.74. The zero-order chi connectivity index (χ0) is 20.0. The molecule has 2 aromatic rings. The Morgan fingerprint density at radius 1 is 1.04 bits per heavy atom. The van der Waals surface area contributed by atoms with Gasteiger partial charge in [-0.2, -0.15) is 0 Å². The number of nitro benzene ring substituents is 1. The molecule has 0 aromatic heterocycles. The number of hydrogen-bond donors (Lipinski definition) is 2. The highest BCUT2D eigenvalue weighted by molar-refractivity contribution is 6.05. The summed E-state index contributed by atoms with van der Waals surface area (Å²) in [4.78, 5) is 35.0. The van der Waals surface area contributed by atoms with Crippen molar-refractivity contribution in [2.45, 2.75) is 33.6 Å². The maximum Gasteiger partial charge on any atom is 0.274 e. The Bertz CT molecular complexity index is 843. The third-order valence-electron chi connectivity index (χ3n) is 4.52. The van der Waals surface area contributed by atoms with Gasteiger partial charge in [0, 0.05) is 23.2 Å². The van der Waals surface area contributed by atoms with Gasteiger partial charge in [-0.05, 0) is 50.1 Å². The maximum atomic E-state index is 12.4. The highest BCUT2D eigenvalue weighted by Crippen LogP contribution is 2.25. The Labute approximate surface area is 157 Å². The molecule has 27 heavy (non-hydrogen) atoms. The molecule has 0 atom stereocenters. The molecule has 0 saturated heterocycles. The number of hydrogen-bond acceptors (Lipinski definition) is 4. The smallest absolute Gasteiger partial charge is 0.274 e. The second-order valence-corrected chi connectivity index (χ2v) is 6.24. The summed E-state index contributed by atoms with van der Waals surface area (Å²) in [6.07, 6.45) is 1.54. The van der Waals surface area contributed by atoms with E-state index in [1.165, 1.54) is 12.1 Å². The molecule has 0 fully saturated rings. The lowest BCUT2D eigenvalue weighted by atomic mass is 10.0. The number of carbonyl (C=O) groups excluding carboxylic acids is 2. The molecule has 0 unspecified atom stereocenters. The first-order valence-electron chi connectivity index (χ1n) is 8.83. The van der Waals surface area contributed by atoms with E-state index in [9.17, 15) is 19.7 Å². The number of nitro groups is 1. The van der Waals surface area contributed by atoms with Gasteiger partial charge in [-0.3, -0.25) is 19.7 Å². The molecule has 2 N–H and O–H groups in total. The summed E-state index contributed by atoms with van der Waals surface area (Å²) >= 11 is 0. The molecule has 0 heterocycles. The van der Waals surface area contributed by atoms with Crippen LogP contribution in [-0.2, 0) is 4.79 Å². The Morgan fingerprint density at radius 2 is 1.67 bits per heavy atom. The van der Waals surface area contributed by atoms with Crippen LogP contribution < -0.4 is 10.6 Å². The van der Waals surface area contributed by atoms with Gasteiger partial charge in [-0.1, -0.05) is 19.9 Å². The molecule has 0 spiro atoms. The molecule has 2 amide bonds. The third-order valence-corrected chi connectivity index (χ3v) is 4.52. The second-order valence-electron chi connectivity index (χ2n) is 6.24. The van der Waals surface area contributed by atoms with Crippen molar-refractivity contribution in [3.05, 3.63) is 63.7 Å². The van der Waals surface area contributed by atoms with Gasteiger partial charge < -0.3 is 10.6 Å².